The second kappa shape index (κ2) is 8.84. The number of benzene rings is 3. The summed E-state index contributed by atoms with van der Waals surface area (Å²) in [5.41, 5.74) is 9.78. The molecule has 0 radical (unpaired) electrons. The van der Waals surface area contributed by atoms with Crippen molar-refractivity contribution in [3.05, 3.63) is 112 Å². The molecule has 2 N–H and O–H groups in total. The van der Waals surface area contributed by atoms with Crippen LogP contribution in [0.15, 0.2) is 106 Å². The van der Waals surface area contributed by atoms with Crippen LogP contribution in [0.3, 0.4) is 0 Å². The Bertz CT molecular complexity index is 1450. The van der Waals surface area contributed by atoms with E-state index in [1.807, 2.05) is 18.2 Å². The van der Waals surface area contributed by atoms with Crippen LogP contribution in [-0.4, -0.2) is 27.9 Å². The summed E-state index contributed by atoms with van der Waals surface area (Å²) >= 11 is 0. The van der Waals surface area contributed by atoms with Gasteiger partial charge in [-0.2, -0.15) is 10.2 Å². The number of hydrogen-bond donors (Lipinski definition) is 2. The maximum absolute atomic E-state index is 8.33. The zero-order valence-corrected chi connectivity index (χ0v) is 22.0. The van der Waals surface area contributed by atoms with Crippen LogP contribution in [0.5, 0.6) is 0 Å². The summed E-state index contributed by atoms with van der Waals surface area (Å²) in [4.78, 5) is 1.28. The van der Waals surface area contributed by atoms with Crippen molar-refractivity contribution in [1.82, 2.24) is 0 Å². The summed E-state index contributed by atoms with van der Waals surface area (Å²) < 4.78 is 0. The third-order valence-electron chi connectivity index (χ3n) is 7.05. The number of rotatable bonds is 4. The molecule has 0 bridgehead atoms. The molecule has 0 saturated carbocycles. The lowest BCUT2D eigenvalue weighted by molar-refractivity contribution is -0.786. The minimum Gasteiger partial charge on any atom is -0.307 e. The minimum absolute atomic E-state index is 0.566. The molecule has 1 heterocycles. The topological polar surface area (TPSA) is 53.0 Å². The molecule has 0 saturated heterocycles. The van der Waals surface area contributed by atoms with Crippen molar-refractivity contribution in [2.45, 2.75) is 20.0 Å². The fourth-order valence-electron chi connectivity index (χ4n) is 5.02. The molecule has 0 fully saturated rings. The molecule has 3 aromatic rings. The zero-order chi connectivity index (χ0) is 24.7. The number of allylic oxidation sites excluding steroid dienone is 5. The average Bonchev–Trinajstić information content (AvgIpc) is 2.85. The normalized spacial score (nSPS) is 16.5. The SMILES string of the molecule is Cc1ccccc1C1=C2C=CC(=N)C=C2[Si](C)(C)c2cc(N=Nc3ccc([NH+](C)C)cc3)ccc21. The predicted molar refractivity (Wildman–Crippen MR) is 149 cm³/mol. The first kappa shape index (κ1) is 23.1. The van der Waals surface area contributed by atoms with Crippen LogP contribution >= 0.6 is 0 Å². The van der Waals surface area contributed by atoms with Crippen molar-refractivity contribution >= 4 is 41.6 Å². The highest BCUT2D eigenvalue weighted by molar-refractivity contribution is 6.98. The Morgan fingerprint density at radius 2 is 1.49 bits per heavy atom. The number of azo groups is 1. The first-order valence-electron chi connectivity index (χ1n) is 12.0. The van der Waals surface area contributed by atoms with E-state index in [0.717, 1.165) is 11.4 Å². The lowest BCUT2D eigenvalue weighted by Crippen LogP contribution is -3.00. The molecular formula is C30H31N4Si+. The maximum Gasteiger partial charge on any atom is 0.130 e. The van der Waals surface area contributed by atoms with Crippen molar-refractivity contribution in [2.75, 3.05) is 14.1 Å². The first-order chi connectivity index (χ1) is 16.8. The summed E-state index contributed by atoms with van der Waals surface area (Å²) in [7, 11) is 2.16. The second-order valence-electron chi connectivity index (χ2n) is 10.1. The second-order valence-corrected chi connectivity index (χ2v) is 14.4. The molecule has 2 aliphatic rings. The van der Waals surface area contributed by atoms with Gasteiger partial charge in [0, 0.05) is 12.1 Å². The van der Waals surface area contributed by atoms with Gasteiger partial charge in [0.05, 0.1) is 31.2 Å². The molecule has 0 spiro atoms. The molecule has 5 rings (SSSR count). The van der Waals surface area contributed by atoms with E-state index >= 15 is 0 Å². The van der Waals surface area contributed by atoms with Crippen LogP contribution in [0.1, 0.15) is 16.7 Å². The van der Waals surface area contributed by atoms with Crippen molar-refractivity contribution < 1.29 is 4.90 Å². The van der Waals surface area contributed by atoms with Crippen LogP contribution in [0, 0.1) is 12.3 Å². The van der Waals surface area contributed by atoms with E-state index in [1.165, 1.54) is 48.8 Å². The molecule has 0 atom stereocenters. The summed E-state index contributed by atoms with van der Waals surface area (Å²) in [6.45, 7) is 6.92. The van der Waals surface area contributed by atoms with Gasteiger partial charge in [-0.25, -0.2) is 0 Å². The van der Waals surface area contributed by atoms with Crippen molar-refractivity contribution in [2.24, 2.45) is 10.2 Å². The van der Waals surface area contributed by atoms with E-state index in [-0.39, 0.29) is 0 Å². The van der Waals surface area contributed by atoms with Gasteiger partial charge in [-0.05, 0) is 81.6 Å². The number of hydrogen-bond acceptors (Lipinski definition) is 3. The van der Waals surface area contributed by atoms with Crippen LogP contribution < -0.4 is 10.1 Å². The van der Waals surface area contributed by atoms with Crippen LogP contribution in [0.4, 0.5) is 17.1 Å². The molecule has 0 unspecified atom stereocenters. The third-order valence-corrected chi connectivity index (χ3v) is 10.6. The number of fused-ring (bicyclic) bond motifs is 2. The van der Waals surface area contributed by atoms with Crippen molar-refractivity contribution in [1.29, 1.82) is 5.41 Å². The lowest BCUT2D eigenvalue weighted by Gasteiger charge is -2.38. The first-order valence-corrected chi connectivity index (χ1v) is 15.0. The molecule has 1 aliphatic heterocycles. The molecule has 5 heteroatoms. The van der Waals surface area contributed by atoms with Crippen LogP contribution in [-0.2, 0) is 0 Å². The van der Waals surface area contributed by atoms with E-state index < -0.39 is 8.07 Å². The molecule has 174 valence electrons. The fraction of sp³-hybridized carbons (Fsp3) is 0.167. The molecule has 0 amide bonds. The van der Waals surface area contributed by atoms with E-state index in [2.05, 4.69) is 111 Å². The van der Waals surface area contributed by atoms with Gasteiger partial charge >= 0.3 is 0 Å². The van der Waals surface area contributed by atoms with Gasteiger partial charge in [-0.3, -0.25) is 0 Å². The monoisotopic (exact) mass is 475 g/mol. The highest BCUT2D eigenvalue weighted by atomic mass is 28.3. The highest BCUT2D eigenvalue weighted by Crippen LogP contribution is 2.42. The number of aryl methyl sites for hydroxylation is 1. The Kier molecular flexibility index (Phi) is 5.83. The largest absolute Gasteiger partial charge is 0.307 e. The van der Waals surface area contributed by atoms with Gasteiger partial charge in [-0.1, -0.05) is 49.5 Å². The maximum atomic E-state index is 8.33. The standard InChI is InChI=1S/C30H30N4Si/c1-20-8-6-7-9-25(20)30-26-16-10-21(31)18-28(26)35(4,5)29-19-23(13-17-27(29)30)33-32-22-11-14-24(15-12-22)34(2)3/h6-19,31H,1-5H3/p+1. The summed E-state index contributed by atoms with van der Waals surface area (Å²) in [6, 6.07) is 23.3. The quantitative estimate of drug-likeness (QED) is 0.345. The van der Waals surface area contributed by atoms with Crippen molar-refractivity contribution in [3.8, 4) is 0 Å². The van der Waals surface area contributed by atoms with Gasteiger partial charge in [0.15, 0.2) is 0 Å². The zero-order valence-electron chi connectivity index (χ0n) is 21.0. The Labute approximate surface area is 208 Å². The number of nitrogens with one attached hydrogen (secondary N) is 2. The summed E-state index contributed by atoms with van der Waals surface area (Å²) in [5, 5.41) is 20.1. The molecular weight excluding hydrogens is 444 g/mol. The van der Waals surface area contributed by atoms with Gasteiger partial charge in [-0.15, -0.1) is 0 Å². The summed E-state index contributed by atoms with van der Waals surface area (Å²) in [5.74, 6) is 0. The van der Waals surface area contributed by atoms with Gasteiger partial charge in [0.25, 0.3) is 0 Å². The highest BCUT2D eigenvalue weighted by Gasteiger charge is 2.39. The van der Waals surface area contributed by atoms with E-state index in [0.29, 0.717) is 5.71 Å². The predicted octanol–water partition coefficient (Wildman–Crippen LogP) is 5.97. The smallest absolute Gasteiger partial charge is 0.130 e. The van der Waals surface area contributed by atoms with E-state index in [4.69, 9.17) is 5.41 Å². The average molecular weight is 476 g/mol. The molecule has 0 aromatic heterocycles. The molecule has 3 aromatic carbocycles. The Hall–Kier alpha value is -3.67. The molecule has 1 aliphatic carbocycles. The molecule has 35 heavy (non-hydrogen) atoms. The fourth-order valence-corrected chi connectivity index (χ4v) is 8.10. The Morgan fingerprint density at radius 1 is 0.800 bits per heavy atom. The van der Waals surface area contributed by atoms with Crippen LogP contribution in [0.2, 0.25) is 13.1 Å². The Morgan fingerprint density at radius 3 is 2.20 bits per heavy atom. The number of nitrogens with zero attached hydrogens (tertiary/aromatic N) is 2. The lowest BCUT2D eigenvalue weighted by atomic mass is 9.87. The minimum atomic E-state index is -2.06. The summed E-state index contributed by atoms with van der Waals surface area (Å²) in [6.07, 6.45) is 6.13. The van der Waals surface area contributed by atoms with Crippen LogP contribution in [0.25, 0.3) is 5.57 Å². The van der Waals surface area contributed by atoms with Gasteiger partial charge in [0.1, 0.15) is 13.8 Å². The van der Waals surface area contributed by atoms with Gasteiger partial charge < -0.3 is 10.3 Å². The van der Waals surface area contributed by atoms with E-state index in [1.54, 1.807) is 0 Å². The Balaban J connectivity index is 1.63. The van der Waals surface area contributed by atoms with Crippen molar-refractivity contribution in [3.63, 3.8) is 0 Å². The number of quaternary nitrogens is 1. The van der Waals surface area contributed by atoms with E-state index in [9.17, 15) is 0 Å². The molecule has 4 nitrogen and oxygen atoms in total. The van der Waals surface area contributed by atoms with Gasteiger partial charge in [0.2, 0.25) is 0 Å². The third kappa shape index (κ3) is 4.18.